The fourth-order valence-corrected chi connectivity index (χ4v) is 8.44. The molecule has 0 radical (unpaired) electrons. The zero-order chi connectivity index (χ0) is 35.3. The zero-order valence-electron chi connectivity index (χ0n) is 27.9. The van der Waals surface area contributed by atoms with E-state index in [0.29, 0.717) is 45.7 Å². The van der Waals surface area contributed by atoms with Gasteiger partial charge in [-0.15, -0.1) is 17.8 Å². The number of hydrogen-bond acceptors (Lipinski definition) is 9. The Bertz CT molecular complexity index is 2220. The van der Waals surface area contributed by atoms with Gasteiger partial charge in [0.05, 0.1) is 10.9 Å². The summed E-state index contributed by atoms with van der Waals surface area (Å²) in [7, 11) is 0. The second kappa shape index (κ2) is 13.2. The molecule has 9 nitrogen and oxygen atoms in total. The minimum absolute atomic E-state index is 0.00823. The summed E-state index contributed by atoms with van der Waals surface area (Å²) in [5.41, 5.74) is 0.753. The van der Waals surface area contributed by atoms with Crippen LogP contribution in [0.2, 0.25) is 0 Å². The lowest BCUT2D eigenvalue weighted by Gasteiger charge is -2.40. The van der Waals surface area contributed by atoms with Crippen molar-refractivity contribution in [1.82, 2.24) is 29.7 Å². The van der Waals surface area contributed by atoms with E-state index in [0.717, 1.165) is 30.8 Å². The van der Waals surface area contributed by atoms with Crippen molar-refractivity contribution >= 4 is 50.8 Å². The van der Waals surface area contributed by atoms with Gasteiger partial charge in [0, 0.05) is 79.0 Å². The average Bonchev–Trinajstić information content (AvgIpc) is 3.86. The molecule has 2 unspecified atom stereocenters. The van der Waals surface area contributed by atoms with Gasteiger partial charge in [-0.05, 0) is 37.8 Å². The fraction of sp³-hybridized carbons (Fsp3) is 0.342. The Hall–Kier alpha value is -5.06. The average molecular weight is 710 g/mol. The molecule has 2 aromatic carbocycles. The monoisotopic (exact) mass is 709 g/mol. The van der Waals surface area contributed by atoms with Crippen LogP contribution in [0.5, 0.6) is 6.01 Å². The van der Waals surface area contributed by atoms with Crippen LogP contribution >= 0.6 is 11.3 Å². The molecule has 260 valence electrons. The maximum Gasteiger partial charge on any atom is 0.319 e. The third-order valence-corrected chi connectivity index (χ3v) is 11.0. The van der Waals surface area contributed by atoms with Crippen LogP contribution in [0, 0.1) is 18.2 Å². The Kier molecular flexibility index (Phi) is 8.60. The van der Waals surface area contributed by atoms with Gasteiger partial charge in [0.25, 0.3) is 5.91 Å². The molecule has 0 bridgehead atoms. The van der Waals surface area contributed by atoms with Crippen molar-refractivity contribution in [2.24, 2.45) is 0 Å². The molecule has 3 fully saturated rings. The van der Waals surface area contributed by atoms with E-state index in [1.807, 2.05) is 36.1 Å². The molecular weight excluding hydrogens is 676 g/mol. The maximum atomic E-state index is 16.9. The highest BCUT2D eigenvalue weighted by Gasteiger charge is 2.49. The molecule has 3 saturated heterocycles. The summed E-state index contributed by atoms with van der Waals surface area (Å²) >= 11 is 1.24. The molecule has 3 aliphatic heterocycles. The molecule has 3 atom stereocenters. The number of fused-ring (bicyclic) bond motifs is 3. The second-order valence-corrected chi connectivity index (χ2v) is 14.3. The van der Waals surface area contributed by atoms with Crippen LogP contribution in [0.3, 0.4) is 0 Å². The number of halogens is 3. The van der Waals surface area contributed by atoms with Gasteiger partial charge < -0.3 is 14.5 Å². The molecule has 3 aromatic heterocycles. The Morgan fingerprint density at radius 3 is 2.78 bits per heavy atom. The van der Waals surface area contributed by atoms with Gasteiger partial charge in [0.1, 0.15) is 34.8 Å². The number of amides is 1. The molecule has 0 N–H and O–H groups in total. The fourth-order valence-electron chi connectivity index (χ4n) is 7.88. The van der Waals surface area contributed by atoms with E-state index in [-0.39, 0.29) is 49.5 Å². The predicted octanol–water partition coefficient (Wildman–Crippen LogP) is 6.42. The SMILES string of the molecule is C#Cc1cccc2cccc(-c3ncc4c(N5CCN(C(=O)/C(F)=C/c6nccs6)CC5C)nc(OC[C@@]56CCCN5CC(F)C6)nc4c3F)c12. The highest BCUT2D eigenvalue weighted by molar-refractivity contribution is 7.10. The summed E-state index contributed by atoms with van der Waals surface area (Å²) in [6.45, 7) is 3.87. The number of pyridine rings is 1. The van der Waals surface area contributed by atoms with E-state index in [9.17, 15) is 13.6 Å². The number of terminal acetylenes is 1. The number of benzene rings is 2. The van der Waals surface area contributed by atoms with Crippen molar-refractivity contribution < 1.29 is 22.7 Å². The largest absolute Gasteiger partial charge is 0.461 e. The minimum Gasteiger partial charge on any atom is -0.461 e. The van der Waals surface area contributed by atoms with Crippen LogP contribution in [0.15, 0.2) is 60.0 Å². The van der Waals surface area contributed by atoms with Crippen LogP contribution in [0.4, 0.5) is 19.0 Å². The van der Waals surface area contributed by atoms with Crippen molar-refractivity contribution in [2.75, 3.05) is 44.2 Å². The molecule has 6 heterocycles. The number of hydrogen-bond donors (Lipinski definition) is 0. The summed E-state index contributed by atoms with van der Waals surface area (Å²) in [4.78, 5) is 36.6. The number of aromatic nitrogens is 4. The summed E-state index contributed by atoms with van der Waals surface area (Å²) < 4.78 is 52.7. The summed E-state index contributed by atoms with van der Waals surface area (Å²) in [5.74, 6) is 0.800. The van der Waals surface area contributed by atoms with Crippen LogP contribution in [0.25, 0.3) is 39.0 Å². The Balaban J connectivity index is 1.18. The lowest BCUT2D eigenvalue weighted by Crippen LogP contribution is -2.54. The number of piperazine rings is 1. The van der Waals surface area contributed by atoms with Gasteiger partial charge in [-0.25, -0.2) is 18.2 Å². The maximum absolute atomic E-state index is 16.9. The molecule has 0 spiro atoms. The second-order valence-electron chi connectivity index (χ2n) is 13.4. The van der Waals surface area contributed by atoms with Gasteiger partial charge in [0.2, 0.25) is 0 Å². The molecule has 1 amide bonds. The van der Waals surface area contributed by atoms with E-state index >= 15 is 4.39 Å². The van der Waals surface area contributed by atoms with E-state index in [2.05, 4.69) is 25.8 Å². The van der Waals surface area contributed by atoms with Gasteiger partial charge in [-0.1, -0.05) is 36.3 Å². The van der Waals surface area contributed by atoms with E-state index in [4.69, 9.17) is 16.1 Å². The zero-order valence-corrected chi connectivity index (χ0v) is 28.7. The number of carbonyl (C=O) groups excluding carboxylic acids is 1. The van der Waals surface area contributed by atoms with Crippen LogP contribution < -0.4 is 9.64 Å². The first-order valence-electron chi connectivity index (χ1n) is 16.9. The van der Waals surface area contributed by atoms with Crippen molar-refractivity contribution in [2.45, 2.75) is 43.9 Å². The minimum atomic E-state index is -0.942. The smallest absolute Gasteiger partial charge is 0.319 e. The predicted molar refractivity (Wildman–Crippen MR) is 191 cm³/mol. The summed E-state index contributed by atoms with van der Waals surface area (Å²) in [6, 6.07) is 10.7. The normalized spacial score (nSPS) is 22.5. The van der Waals surface area contributed by atoms with Crippen molar-refractivity contribution in [1.29, 1.82) is 0 Å². The Morgan fingerprint density at radius 2 is 2.00 bits per heavy atom. The van der Waals surface area contributed by atoms with E-state index in [1.165, 1.54) is 16.2 Å². The molecule has 5 aromatic rings. The van der Waals surface area contributed by atoms with Gasteiger partial charge in [-0.2, -0.15) is 9.97 Å². The number of alkyl halides is 1. The third-order valence-electron chi connectivity index (χ3n) is 10.3. The number of anilines is 1. The first kappa shape index (κ1) is 33.1. The Morgan fingerprint density at radius 1 is 1.16 bits per heavy atom. The van der Waals surface area contributed by atoms with E-state index < -0.39 is 29.3 Å². The first-order chi connectivity index (χ1) is 24.7. The third kappa shape index (κ3) is 5.96. The summed E-state index contributed by atoms with van der Waals surface area (Å²) in [5, 5.41) is 4.01. The Labute approximate surface area is 296 Å². The molecule has 0 aliphatic carbocycles. The van der Waals surface area contributed by atoms with E-state index in [1.54, 1.807) is 29.9 Å². The summed E-state index contributed by atoms with van der Waals surface area (Å²) in [6.07, 6.45) is 11.2. The standard InChI is InChI=1S/C38H34F3N7O2S/c1-3-24-7-4-8-25-9-5-10-27(31(24)25)33-32(41)34-28(19-43-33)35(45-37(44-34)50-22-38-11-6-13-47(38)21-26(39)18-38)48-15-14-46(20-23(48)2)36(49)29(40)17-30-42-12-16-51-30/h1,4-5,7-10,12,16-17,19,23,26H,6,11,13-15,18,20-22H2,2H3/b29-17-/t23?,26?,38-/m0/s1. The molecule has 0 saturated carbocycles. The van der Waals surface area contributed by atoms with Crippen molar-refractivity contribution in [3.8, 4) is 29.6 Å². The highest BCUT2D eigenvalue weighted by atomic mass is 32.1. The van der Waals surface area contributed by atoms with Gasteiger partial charge >= 0.3 is 6.01 Å². The van der Waals surface area contributed by atoms with Gasteiger partial charge in [0.15, 0.2) is 11.6 Å². The molecule has 51 heavy (non-hydrogen) atoms. The topological polar surface area (TPSA) is 87.6 Å². The van der Waals surface area contributed by atoms with Crippen LogP contribution in [-0.2, 0) is 4.79 Å². The number of rotatable bonds is 7. The van der Waals surface area contributed by atoms with Gasteiger partial charge in [-0.3, -0.25) is 14.7 Å². The van der Waals surface area contributed by atoms with Crippen LogP contribution in [-0.4, -0.2) is 92.7 Å². The highest BCUT2D eigenvalue weighted by Crippen LogP contribution is 2.41. The number of thiazole rings is 1. The molecular formula is C38H34F3N7O2S. The molecule has 3 aliphatic rings. The lowest BCUT2D eigenvalue weighted by atomic mass is 9.95. The van der Waals surface area contributed by atoms with Crippen molar-refractivity contribution in [3.05, 3.63) is 76.4 Å². The molecule has 13 heteroatoms. The first-order valence-corrected chi connectivity index (χ1v) is 17.8. The number of nitrogens with zero attached hydrogens (tertiary/aromatic N) is 7. The molecule has 8 rings (SSSR count). The van der Waals surface area contributed by atoms with Crippen molar-refractivity contribution in [3.63, 3.8) is 0 Å². The lowest BCUT2D eigenvalue weighted by molar-refractivity contribution is -0.129. The number of carbonyl (C=O) groups is 1. The van der Waals surface area contributed by atoms with Crippen LogP contribution in [0.1, 0.15) is 36.8 Å². The number of ether oxygens (including phenoxy) is 1. The quantitative estimate of drug-likeness (QED) is 0.141.